The third-order valence-corrected chi connectivity index (χ3v) is 5.29. The Labute approximate surface area is 113 Å². The molecule has 3 heteroatoms. The highest BCUT2D eigenvalue weighted by Crippen LogP contribution is 2.39. The number of nitrogens with two attached hydrogens (primary N) is 1. The molecule has 0 amide bonds. The molecular weight excluding hydrogens is 245 g/mol. The first-order valence-electron chi connectivity index (χ1n) is 6.80. The fourth-order valence-electron chi connectivity index (χ4n) is 2.71. The van der Waals surface area contributed by atoms with Crippen LogP contribution in [0, 0.1) is 11.7 Å². The molecule has 1 fully saturated rings. The van der Waals surface area contributed by atoms with Gasteiger partial charge in [-0.3, -0.25) is 0 Å². The molecule has 0 aromatic heterocycles. The Hall–Kier alpha value is -0.540. The first-order valence-corrected chi connectivity index (χ1v) is 7.74. The van der Waals surface area contributed by atoms with E-state index in [0.29, 0.717) is 11.8 Å². The van der Waals surface area contributed by atoms with Gasteiger partial charge >= 0.3 is 0 Å². The zero-order valence-electron chi connectivity index (χ0n) is 10.9. The van der Waals surface area contributed by atoms with Gasteiger partial charge in [-0.2, -0.15) is 0 Å². The Morgan fingerprint density at radius 1 is 1.44 bits per heavy atom. The topological polar surface area (TPSA) is 26.0 Å². The maximum Gasteiger partial charge on any atom is 0.123 e. The number of rotatable bonds is 4. The Bertz CT molecular complexity index is 383. The first kappa shape index (κ1) is 13.9. The zero-order chi connectivity index (χ0) is 13.0. The predicted octanol–water partition coefficient (Wildman–Crippen LogP) is 4.14. The Kier molecular flexibility index (Phi) is 5.07. The lowest BCUT2D eigenvalue weighted by atomic mass is 9.91. The van der Waals surface area contributed by atoms with Gasteiger partial charge in [-0.05, 0) is 36.5 Å². The van der Waals surface area contributed by atoms with Crippen LogP contribution in [0.15, 0.2) is 24.3 Å². The monoisotopic (exact) mass is 267 g/mol. The fraction of sp³-hybridized carbons (Fsp3) is 0.600. The Morgan fingerprint density at radius 2 is 2.28 bits per heavy atom. The predicted molar refractivity (Wildman–Crippen MR) is 77.2 cm³/mol. The molecule has 0 heterocycles. The minimum absolute atomic E-state index is 0.163. The number of hydrogen-bond acceptors (Lipinski definition) is 2. The van der Waals surface area contributed by atoms with Gasteiger partial charge in [0, 0.05) is 17.0 Å². The van der Waals surface area contributed by atoms with Crippen molar-refractivity contribution in [3.8, 4) is 0 Å². The van der Waals surface area contributed by atoms with E-state index in [1.165, 1.54) is 31.7 Å². The van der Waals surface area contributed by atoms with Gasteiger partial charge in [-0.1, -0.05) is 31.9 Å². The summed E-state index contributed by atoms with van der Waals surface area (Å²) in [5, 5.41) is 0.918. The van der Waals surface area contributed by atoms with Crippen LogP contribution < -0.4 is 5.73 Å². The van der Waals surface area contributed by atoms with Crippen LogP contribution in [0.1, 0.15) is 43.4 Å². The SMILES string of the molecule is CC1CCCC(SC(CN)c2cccc(F)c2)C1. The average molecular weight is 267 g/mol. The molecule has 3 atom stereocenters. The van der Waals surface area contributed by atoms with E-state index in [4.69, 9.17) is 5.73 Å². The number of thioether (sulfide) groups is 1. The zero-order valence-corrected chi connectivity index (χ0v) is 11.8. The van der Waals surface area contributed by atoms with Crippen molar-refractivity contribution in [2.45, 2.75) is 43.1 Å². The summed E-state index contributed by atoms with van der Waals surface area (Å²) in [5.41, 5.74) is 6.89. The van der Waals surface area contributed by atoms with Gasteiger partial charge in [0.25, 0.3) is 0 Å². The average Bonchev–Trinajstić information content (AvgIpc) is 2.36. The summed E-state index contributed by atoms with van der Waals surface area (Å²) in [5.74, 6) is 0.658. The van der Waals surface area contributed by atoms with E-state index >= 15 is 0 Å². The second-order valence-corrected chi connectivity index (χ2v) is 6.82. The van der Waals surface area contributed by atoms with Crippen molar-refractivity contribution < 1.29 is 4.39 Å². The Balaban J connectivity index is 2.00. The van der Waals surface area contributed by atoms with E-state index in [0.717, 1.165) is 11.5 Å². The van der Waals surface area contributed by atoms with Crippen LogP contribution in [0.5, 0.6) is 0 Å². The number of halogens is 1. The second-order valence-electron chi connectivity index (χ2n) is 5.31. The molecule has 1 nitrogen and oxygen atoms in total. The summed E-state index contributed by atoms with van der Waals surface area (Å²) in [7, 11) is 0. The molecule has 0 bridgehead atoms. The lowest BCUT2D eigenvalue weighted by molar-refractivity contribution is 0.393. The van der Waals surface area contributed by atoms with Crippen molar-refractivity contribution in [3.05, 3.63) is 35.6 Å². The molecule has 1 aliphatic carbocycles. The molecule has 0 aliphatic heterocycles. The highest BCUT2D eigenvalue weighted by molar-refractivity contribution is 8.00. The van der Waals surface area contributed by atoms with Gasteiger partial charge in [0.05, 0.1) is 0 Å². The van der Waals surface area contributed by atoms with Crippen LogP contribution in [0.4, 0.5) is 4.39 Å². The van der Waals surface area contributed by atoms with E-state index in [-0.39, 0.29) is 11.1 Å². The quantitative estimate of drug-likeness (QED) is 0.887. The molecule has 2 N–H and O–H groups in total. The minimum Gasteiger partial charge on any atom is -0.329 e. The number of hydrogen-bond donors (Lipinski definition) is 1. The highest BCUT2D eigenvalue weighted by Gasteiger charge is 2.23. The van der Waals surface area contributed by atoms with Crippen molar-refractivity contribution in [1.82, 2.24) is 0 Å². The summed E-state index contributed by atoms with van der Waals surface area (Å²) in [6, 6.07) is 6.87. The molecule has 0 saturated heterocycles. The van der Waals surface area contributed by atoms with E-state index in [9.17, 15) is 4.39 Å². The fourth-order valence-corrected chi connectivity index (χ4v) is 4.33. The van der Waals surface area contributed by atoms with Crippen molar-refractivity contribution in [2.24, 2.45) is 11.7 Å². The van der Waals surface area contributed by atoms with E-state index < -0.39 is 0 Å². The van der Waals surface area contributed by atoms with Crippen LogP contribution >= 0.6 is 11.8 Å². The van der Waals surface area contributed by atoms with Crippen molar-refractivity contribution in [2.75, 3.05) is 6.54 Å². The molecule has 1 aliphatic rings. The van der Waals surface area contributed by atoms with Gasteiger partial charge in [0.2, 0.25) is 0 Å². The second kappa shape index (κ2) is 6.58. The third-order valence-electron chi connectivity index (χ3n) is 3.68. The highest BCUT2D eigenvalue weighted by atomic mass is 32.2. The Morgan fingerprint density at radius 3 is 2.94 bits per heavy atom. The summed E-state index contributed by atoms with van der Waals surface area (Å²) in [6.45, 7) is 2.91. The largest absolute Gasteiger partial charge is 0.329 e. The van der Waals surface area contributed by atoms with Crippen LogP contribution in [-0.4, -0.2) is 11.8 Å². The lowest BCUT2D eigenvalue weighted by Crippen LogP contribution is -2.19. The molecule has 0 spiro atoms. The third kappa shape index (κ3) is 3.72. The van der Waals surface area contributed by atoms with Crippen molar-refractivity contribution >= 4 is 11.8 Å². The molecule has 1 saturated carbocycles. The van der Waals surface area contributed by atoms with Crippen LogP contribution in [0.3, 0.4) is 0 Å². The van der Waals surface area contributed by atoms with Gasteiger partial charge < -0.3 is 5.73 Å². The molecule has 18 heavy (non-hydrogen) atoms. The molecule has 2 rings (SSSR count). The van der Waals surface area contributed by atoms with Gasteiger partial charge in [0.1, 0.15) is 5.82 Å². The van der Waals surface area contributed by atoms with E-state index in [2.05, 4.69) is 6.92 Å². The van der Waals surface area contributed by atoms with Gasteiger partial charge in [0.15, 0.2) is 0 Å². The van der Waals surface area contributed by atoms with Gasteiger partial charge in [-0.25, -0.2) is 4.39 Å². The maximum atomic E-state index is 13.3. The summed E-state index contributed by atoms with van der Waals surface area (Å²) < 4.78 is 13.3. The maximum absolute atomic E-state index is 13.3. The van der Waals surface area contributed by atoms with Crippen molar-refractivity contribution in [1.29, 1.82) is 0 Å². The van der Waals surface area contributed by atoms with Crippen molar-refractivity contribution in [3.63, 3.8) is 0 Å². The minimum atomic E-state index is -0.163. The molecule has 1 aromatic carbocycles. The molecular formula is C15H22FNS. The molecule has 100 valence electrons. The summed E-state index contributed by atoms with van der Waals surface area (Å²) >= 11 is 1.94. The number of benzene rings is 1. The van der Waals surface area contributed by atoms with E-state index in [1.54, 1.807) is 12.1 Å². The summed E-state index contributed by atoms with van der Waals surface area (Å²) in [4.78, 5) is 0. The molecule has 3 unspecified atom stereocenters. The lowest BCUT2D eigenvalue weighted by Gasteiger charge is -2.29. The molecule has 0 radical (unpaired) electrons. The normalized spacial score (nSPS) is 25.9. The molecule has 1 aromatic rings. The smallest absolute Gasteiger partial charge is 0.123 e. The van der Waals surface area contributed by atoms with Gasteiger partial charge in [-0.15, -0.1) is 11.8 Å². The van der Waals surface area contributed by atoms with Crippen LogP contribution in [0.25, 0.3) is 0 Å². The van der Waals surface area contributed by atoms with Crippen LogP contribution in [0.2, 0.25) is 0 Å². The summed E-state index contributed by atoms with van der Waals surface area (Å²) in [6.07, 6.45) is 5.22. The van der Waals surface area contributed by atoms with E-state index in [1.807, 2.05) is 17.8 Å². The van der Waals surface area contributed by atoms with Crippen LogP contribution in [-0.2, 0) is 0 Å². The first-order chi connectivity index (χ1) is 8.69. The standard InChI is InChI=1S/C15H22FNS/c1-11-4-2-7-14(8-11)18-15(10-17)12-5-3-6-13(16)9-12/h3,5-6,9,11,14-15H,2,4,7-8,10,17H2,1H3.